The largest absolute Gasteiger partial charge is 0.358 e. The summed E-state index contributed by atoms with van der Waals surface area (Å²) in [6.45, 7) is 1.88. The fraction of sp³-hybridized carbons (Fsp3) is 0.167. The lowest BCUT2D eigenvalue weighted by Gasteiger charge is -2.15. The average molecular weight is 353 g/mol. The number of nitrogens with one attached hydrogen (secondary N) is 2. The number of aromatic nitrogens is 2. The molecule has 1 heterocycles. The number of hydrazine groups is 1. The van der Waals surface area contributed by atoms with Crippen LogP contribution in [0, 0.1) is 10.1 Å². The number of rotatable bonds is 5. The Morgan fingerprint density at radius 1 is 1.38 bits per heavy atom. The SMILES string of the molecule is CC(Nc1ncnc(NN)c1[N+](=O)[O-])c1cccc(Br)c1. The molecule has 0 spiro atoms. The molecule has 2 aromatic rings. The Labute approximate surface area is 129 Å². The predicted octanol–water partition coefficient (Wildman–Crippen LogP) is 2.61. The van der Waals surface area contributed by atoms with Crippen molar-refractivity contribution in [1.29, 1.82) is 0 Å². The van der Waals surface area contributed by atoms with Gasteiger partial charge >= 0.3 is 5.69 Å². The molecule has 0 radical (unpaired) electrons. The Bertz CT molecular complexity index is 666. The molecule has 1 aromatic carbocycles. The molecule has 2 rings (SSSR count). The summed E-state index contributed by atoms with van der Waals surface area (Å²) in [4.78, 5) is 18.2. The van der Waals surface area contributed by atoms with Gasteiger partial charge in [-0.05, 0) is 24.6 Å². The summed E-state index contributed by atoms with van der Waals surface area (Å²) in [5.74, 6) is 5.30. The first-order chi connectivity index (χ1) is 10.0. The van der Waals surface area contributed by atoms with Crippen LogP contribution in [-0.2, 0) is 0 Å². The summed E-state index contributed by atoms with van der Waals surface area (Å²) < 4.78 is 0.926. The molecule has 1 atom stereocenters. The molecule has 0 fully saturated rings. The van der Waals surface area contributed by atoms with E-state index in [1.165, 1.54) is 6.33 Å². The van der Waals surface area contributed by atoms with E-state index in [2.05, 4.69) is 36.6 Å². The van der Waals surface area contributed by atoms with Gasteiger partial charge in [-0.25, -0.2) is 15.8 Å². The number of nitrogens with zero attached hydrogens (tertiary/aromatic N) is 3. The van der Waals surface area contributed by atoms with Crippen LogP contribution in [0.2, 0.25) is 0 Å². The second-order valence-electron chi connectivity index (χ2n) is 4.24. The van der Waals surface area contributed by atoms with E-state index in [-0.39, 0.29) is 23.4 Å². The van der Waals surface area contributed by atoms with Crippen molar-refractivity contribution < 1.29 is 4.92 Å². The molecule has 0 saturated carbocycles. The second kappa shape index (κ2) is 6.46. The lowest BCUT2D eigenvalue weighted by Crippen LogP contribution is -2.15. The Kier molecular flexibility index (Phi) is 4.66. The Morgan fingerprint density at radius 3 is 2.71 bits per heavy atom. The zero-order valence-electron chi connectivity index (χ0n) is 11.1. The first-order valence-electron chi connectivity index (χ1n) is 6.01. The molecule has 0 aliphatic heterocycles. The summed E-state index contributed by atoms with van der Waals surface area (Å²) in [5.41, 5.74) is 2.87. The molecule has 21 heavy (non-hydrogen) atoms. The summed E-state index contributed by atoms with van der Waals surface area (Å²) in [5, 5.41) is 14.2. The average Bonchev–Trinajstić information content (AvgIpc) is 2.46. The van der Waals surface area contributed by atoms with E-state index in [9.17, 15) is 10.1 Å². The molecule has 0 saturated heterocycles. The molecular weight excluding hydrogens is 340 g/mol. The zero-order valence-corrected chi connectivity index (χ0v) is 12.7. The van der Waals surface area contributed by atoms with E-state index in [4.69, 9.17) is 5.84 Å². The molecule has 4 N–H and O–H groups in total. The highest BCUT2D eigenvalue weighted by molar-refractivity contribution is 9.10. The van der Waals surface area contributed by atoms with Gasteiger partial charge in [0.2, 0.25) is 11.6 Å². The van der Waals surface area contributed by atoms with Gasteiger partial charge in [-0.15, -0.1) is 0 Å². The van der Waals surface area contributed by atoms with Crippen LogP contribution in [0.5, 0.6) is 0 Å². The Morgan fingerprint density at radius 2 is 2.10 bits per heavy atom. The number of nitro groups is 1. The molecule has 8 nitrogen and oxygen atoms in total. The van der Waals surface area contributed by atoms with E-state index in [0.29, 0.717) is 0 Å². The standard InChI is InChI=1S/C12H13BrN6O2/c1-7(8-3-2-4-9(13)5-8)17-11-10(19(20)21)12(18-14)16-6-15-11/h2-7H,14H2,1H3,(H2,15,16,17,18). The fourth-order valence-corrected chi connectivity index (χ4v) is 2.24. The van der Waals surface area contributed by atoms with Crippen molar-refractivity contribution in [2.75, 3.05) is 10.7 Å². The smallest absolute Gasteiger partial charge is 0.354 e. The van der Waals surface area contributed by atoms with Crippen LogP contribution in [0.15, 0.2) is 35.1 Å². The minimum absolute atomic E-state index is 0.0426. The minimum Gasteiger partial charge on any atom is -0.358 e. The van der Waals surface area contributed by atoms with Gasteiger partial charge in [0, 0.05) is 4.47 Å². The van der Waals surface area contributed by atoms with Gasteiger partial charge in [0.1, 0.15) is 6.33 Å². The van der Waals surface area contributed by atoms with Crippen molar-refractivity contribution in [3.8, 4) is 0 Å². The van der Waals surface area contributed by atoms with E-state index in [0.717, 1.165) is 10.0 Å². The molecule has 0 amide bonds. The van der Waals surface area contributed by atoms with E-state index < -0.39 is 4.92 Å². The van der Waals surface area contributed by atoms with Crippen LogP contribution in [0.1, 0.15) is 18.5 Å². The van der Waals surface area contributed by atoms with Crippen molar-refractivity contribution in [2.45, 2.75) is 13.0 Å². The third kappa shape index (κ3) is 3.44. The van der Waals surface area contributed by atoms with Gasteiger partial charge in [-0.1, -0.05) is 28.1 Å². The molecule has 0 bridgehead atoms. The number of hydrogen-bond acceptors (Lipinski definition) is 7. The molecule has 0 aliphatic carbocycles. The predicted molar refractivity (Wildman–Crippen MR) is 82.7 cm³/mol. The number of nitrogen functional groups attached to an aromatic ring is 1. The molecule has 0 aliphatic rings. The maximum Gasteiger partial charge on any atom is 0.354 e. The number of nitrogens with two attached hydrogens (primary N) is 1. The summed E-state index contributed by atoms with van der Waals surface area (Å²) in [7, 11) is 0. The first kappa shape index (κ1) is 15.1. The third-order valence-electron chi connectivity index (χ3n) is 2.84. The van der Waals surface area contributed by atoms with Crippen LogP contribution in [-0.4, -0.2) is 14.9 Å². The van der Waals surface area contributed by atoms with E-state index >= 15 is 0 Å². The molecule has 1 aromatic heterocycles. The lowest BCUT2D eigenvalue weighted by atomic mass is 10.1. The fourth-order valence-electron chi connectivity index (χ4n) is 1.83. The molecular formula is C12H13BrN6O2. The topological polar surface area (TPSA) is 119 Å². The Hall–Kier alpha value is -2.26. The number of benzene rings is 1. The van der Waals surface area contributed by atoms with E-state index in [1.54, 1.807) is 0 Å². The highest BCUT2D eigenvalue weighted by Crippen LogP contribution is 2.31. The summed E-state index contributed by atoms with van der Waals surface area (Å²) in [6, 6.07) is 7.45. The van der Waals surface area contributed by atoms with Crippen molar-refractivity contribution in [1.82, 2.24) is 9.97 Å². The van der Waals surface area contributed by atoms with Crippen LogP contribution in [0.25, 0.3) is 0 Å². The van der Waals surface area contributed by atoms with E-state index in [1.807, 2.05) is 31.2 Å². The van der Waals surface area contributed by atoms with Gasteiger partial charge in [0.15, 0.2) is 0 Å². The lowest BCUT2D eigenvalue weighted by molar-refractivity contribution is -0.383. The molecule has 9 heteroatoms. The molecule has 1 unspecified atom stereocenters. The van der Waals surface area contributed by atoms with Crippen molar-refractivity contribution in [3.63, 3.8) is 0 Å². The van der Waals surface area contributed by atoms with Crippen LogP contribution in [0.3, 0.4) is 0 Å². The quantitative estimate of drug-likeness (QED) is 0.429. The van der Waals surface area contributed by atoms with Crippen LogP contribution >= 0.6 is 15.9 Å². The molecule has 110 valence electrons. The highest BCUT2D eigenvalue weighted by Gasteiger charge is 2.23. The Balaban J connectivity index is 2.33. The maximum atomic E-state index is 11.2. The summed E-state index contributed by atoms with van der Waals surface area (Å²) in [6.07, 6.45) is 1.21. The normalized spacial score (nSPS) is 11.8. The van der Waals surface area contributed by atoms with Gasteiger partial charge in [-0.2, -0.15) is 0 Å². The zero-order chi connectivity index (χ0) is 15.4. The van der Waals surface area contributed by atoms with Crippen LogP contribution in [0.4, 0.5) is 17.3 Å². The van der Waals surface area contributed by atoms with Gasteiger partial charge in [-0.3, -0.25) is 10.1 Å². The van der Waals surface area contributed by atoms with Gasteiger partial charge in [0.05, 0.1) is 11.0 Å². The number of hydrogen-bond donors (Lipinski definition) is 3. The monoisotopic (exact) mass is 352 g/mol. The van der Waals surface area contributed by atoms with Crippen molar-refractivity contribution in [3.05, 3.63) is 50.7 Å². The number of anilines is 2. The van der Waals surface area contributed by atoms with Crippen molar-refractivity contribution in [2.24, 2.45) is 5.84 Å². The maximum absolute atomic E-state index is 11.2. The van der Waals surface area contributed by atoms with Crippen molar-refractivity contribution >= 4 is 33.3 Å². The number of halogens is 1. The second-order valence-corrected chi connectivity index (χ2v) is 5.16. The third-order valence-corrected chi connectivity index (χ3v) is 3.34. The van der Waals surface area contributed by atoms with Gasteiger partial charge in [0.25, 0.3) is 0 Å². The first-order valence-corrected chi connectivity index (χ1v) is 6.80. The summed E-state index contributed by atoms with van der Waals surface area (Å²) >= 11 is 3.39. The van der Waals surface area contributed by atoms with Gasteiger partial charge < -0.3 is 10.7 Å². The highest BCUT2D eigenvalue weighted by atomic mass is 79.9. The minimum atomic E-state index is -0.578. The van der Waals surface area contributed by atoms with Crippen LogP contribution < -0.4 is 16.6 Å².